The maximum atomic E-state index is 11.9. The molecule has 1 fully saturated rings. The van der Waals surface area contributed by atoms with Crippen molar-refractivity contribution in [2.75, 3.05) is 18.8 Å². The second-order valence-corrected chi connectivity index (χ2v) is 6.26. The first-order valence-electron chi connectivity index (χ1n) is 6.01. The molecule has 0 saturated carbocycles. The predicted octanol–water partition coefficient (Wildman–Crippen LogP) is 2.86. The van der Waals surface area contributed by atoms with E-state index in [2.05, 4.69) is 15.9 Å². The molecular weight excluding hydrogens is 330 g/mol. The van der Waals surface area contributed by atoms with E-state index < -0.39 is 5.97 Å². The highest BCUT2D eigenvalue weighted by Crippen LogP contribution is 2.27. The van der Waals surface area contributed by atoms with E-state index in [4.69, 9.17) is 5.11 Å². The highest BCUT2D eigenvalue weighted by Gasteiger charge is 2.19. The first-order valence-corrected chi connectivity index (χ1v) is 7.79. The molecule has 4 nitrogen and oxygen atoms in total. The number of amides is 1. The third-order valence-electron chi connectivity index (χ3n) is 2.98. The normalized spacial score (nSPS) is 14.7. The number of thioether (sulfide) groups is 1. The fraction of sp³-hybridized carbons (Fsp3) is 0.385. The number of halogens is 1. The zero-order valence-electron chi connectivity index (χ0n) is 10.3. The van der Waals surface area contributed by atoms with Crippen LogP contribution in [0.15, 0.2) is 27.6 Å². The molecule has 0 radical (unpaired) electrons. The molecule has 1 aliphatic heterocycles. The van der Waals surface area contributed by atoms with Crippen LogP contribution < -0.4 is 0 Å². The SMILES string of the molecule is O=C(O)c1ccc(Br)cc1SCC(=O)N1CCCC1. The number of carbonyl (C=O) groups is 2. The average molecular weight is 344 g/mol. The van der Waals surface area contributed by atoms with Crippen molar-refractivity contribution in [2.24, 2.45) is 0 Å². The minimum absolute atomic E-state index is 0.0822. The molecule has 1 heterocycles. The summed E-state index contributed by atoms with van der Waals surface area (Å²) in [5.74, 6) is -0.598. The number of carboxylic acid groups (broad SMARTS) is 1. The van der Waals surface area contributed by atoms with Gasteiger partial charge in [0.25, 0.3) is 0 Å². The Morgan fingerprint density at radius 3 is 2.63 bits per heavy atom. The molecule has 2 rings (SSSR count). The summed E-state index contributed by atoms with van der Waals surface area (Å²) >= 11 is 4.60. The number of likely N-dealkylation sites (tertiary alicyclic amines) is 1. The van der Waals surface area contributed by atoms with Crippen molar-refractivity contribution in [1.82, 2.24) is 4.90 Å². The van der Waals surface area contributed by atoms with Crippen LogP contribution in [0, 0.1) is 0 Å². The molecule has 0 aliphatic carbocycles. The topological polar surface area (TPSA) is 57.6 Å². The van der Waals surface area contributed by atoms with Gasteiger partial charge in [-0.05, 0) is 31.0 Å². The smallest absolute Gasteiger partial charge is 0.336 e. The van der Waals surface area contributed by atoms with E-state index in [1.807, 2.05) is 4.90 Å². The van der Waals surface area contributed by atoms with Gasteiger partial charge in [-0.2, -0.15) is 0 Å². The van der Waals surface area contributed by atoms with Crippen molar-refractivity contribution < 1.29 is 14.7 Å². The number of aromatic carboxylic acids is 1. The summed E-state index contributed by atoms with van der Waals surface area (Å²) < 4.78 is 0.814. The zero-order valence-corrected chi connectivity index (χ0v) is 12.7. The van der Waals surface area contributed by atoms with Crippen LogP contribution in [0.3, 0.4) is 0 Å². The molecule has 0 atom stereocenters. The Labute approximate surface area is 124 Å². The van der Waals surface area contributed by atoms with Crippen LogP contribution in [-0.2, 0) is 4.79 Å². The van der Waals surface area contributed by atoms with Crippen molar-refractivity contribution in [1.29, 1.82) is 0 Å². The van der Waals surface area contributed by atoms with Crippen molar-refractivity contribution in [3.63, 3.8) is 0 Å². The number of carboxylic acids is 1. The maximum absolute atomic E-state index is 11.9. The molecule has 19 heavy (non-hydrogen) atoms. The summed E-state index contributed by atoms with van der Waals surface area (Å²) in [5.41, 5.74) is 0.238. The van der Waals surface area contributed by atoms with Crippen LogP contribution in [-0.4, -0.2) is 40.7 Å². The fourth-order valence-corrected chi connectivity index (χ4v) is 3.48. The van der Waals surface area contributed by atoms with Gasteiger partial charge in [0.1, 0.15) is 0 Å². The Kier molecular flexibility index (Phi) is 4.87. The number of nitrogens with zero attached hydrogens (tertiary/aromatic N) is 1. The number of hydrogen-bond donors (Lipinski definition) is 1. The molecule has 1 saturated heterocycles. The molecule has 0 unspecified atom stereocenters. The standard InChI is InChI=1S/C13H14BrNO3S/c14-9-3-4-10(13(17)18)11(7-9)19-8-12(16)15-5-1-2-6-15/h3-4,7H,1-2,5-6,8H2,(H,17,18). The van der Waals surface area contributed by atoms with Crippen LogP contribution >= 0.6 is 27.7 Å². The molecule has 1 N–H and O–H groups in total. The first-order chi connectivity index (χ1) is 9.08. The maximum Gasteiger partial charge on any atom is 0.336 e. The highest BCUT2D eigenvalue weighted by atomic mass is 79.9. The van der Waals surface area contributed by atoms with E-state index in [0.717, 1.165) is 30.4 Å². The number of rotatable bonds is 4. The molecule has 102 valence electrons. The lowest BCUT2D eigenvalue weighted by Gasteiger charge is -2.15. The molecule has 0 bridgehead atoms. The Hall–Kier alpha value is -1.01. The van der Waals surface area contributed by atoms with Gasteiger partial charge in [-0.25, -0.2) is 4.79 Å². The quantitative estimate of drug-likeness (QED) is 0.854. The van der Waals surface area contributed by atoms with Gasteiger partial charge in [-0.3, -0.25) is 4.79 Å². The van der Waals surface area contributed by atoms with Crippen molar-refractivity contribution in [2.45, 2.75) is 17.7 Å². The molecule has 0 aromatic heterocycles. The largest absolute Gasteiger partial charge is 0.478 e. The minimum atomic E-state index is -0.969. The van der Waals surface area contributed by atoms with E-state index in [1.54, 1.807) is 18.2 Å². The second kappa shape index (κ2) is 6.43. The average Bonchev–Trinajstić information content (AvgIpc) is 2.89. The third-order valence-corrected chi connectivity index (χ3v) is 4.52. The van der Waals surface area contributed by atoms with Gasteiger partial charge < -0.3 is 10.0 Å². The van der Waals surface area contributed by atoms with E-state index in [1.165, 1.54) is 11.8 Å². The summed E-state index contributed by atoms with van der Waals surface area (Å²) in [6.45, 7) is 1.65. The molecule has 1 aromatic rings. The fourth-order valence-electron chi connectivity index (χ4n) is 1.99. The van der Waals surface area contributed by atoms with Crippen molar-refractivity contribution in [3.8, 4) is 0 Å². The van der Waals surface area contributed by atoms with E-state index in [-0.39, 0.29) is 17.2 Å². The lowest BCUT2D eigenvalue weighted by Crippen LogP contribution is -2.29. The van der Waals surface area contributed by atoms with Crippen LogP contribution in [0.2, 0.25) is 0 Å². The van der Waals surface area contributed by atoms with Gasteiger partial charge in [0.2, 0.25) is 5.91 Å². The van der Waals surface area contributed by atoms with E-state index in [0.29, 0.717) is 4.90 Å². The van der Waals surface area contributed by atoms with E-state index >= 15 is 0 Å². The summed E-state index contributed by atoms with van der Waals surface area (Å²) in [6.07, 6.45) is 2.13. The second-order valence-electron chi connectivity index (χ2n) is 4.32. The van der Waals surface area contributed by atoms with Crippen LogP contribution in [0.4, 0.5) is 0 Å². The number of hydrogen-bond acceptors (Lipinski definition) is 3. The minimum Gasteiger partial charge on any atom is -0.478 e. The molecule has 6 heteroatoms. The summed E-state index contributed by atoms with van der Waals surface area (Å²) in [7, 11) is 0. The summed E-state index contributed by atoms with van der Waals surface area (Å²) in [5, 5.41) is 9.11. The first kappa shape index (κ1) is 14.4. The molecule has 1 amide bonds. The molecule has 0 spiro atoms. The Morgan fingerprint density at radius 1 is 1.32 bits per heavy atom. The van der Waals surface area contributed by atoms with Crippen LogP contribution in [0.1, 0.15) is 23.2 Å². The van der Waals surface area contributed by atoms with Gasteiger partial charge in [-0.15, -0.1) is 11.8 Å². The predicted molar refractivity (Wildman–Crippen MR) is 77.6 cm³/mol. The van der Waals surface area contributed by atoms with Gasteiger partial charge in [0.15, 0.2) is 0 Å². The van der Waals surface area contributed by atoms with Crippen LogP contribution in [0.25, 0.3) is 0 Å². The van der Waals surface area contributed by atoms with Gasteiger partial charge >= 0.3 is 5.97 Å². The molecular formula is C13H14BrNO3S. The van der Waals surface area contributed by atoms with Crippen molar-refractivity contribution >= 4 is 39.6 Å². The number of benzene rings is 1. The van der Waals surface area contributed by atoms with Gasteiger partial charge in [0.05, 0.1) is 11.3 Å². The van der Waals surface area contributed by atoms with Crippen molar-refractivity contribution in [3.05, 3.63) is 28.2 Å². The third kappa shape index (κ3) is 3.73. The van der Waals surface area contributed by atoms with Gasteiger partial charge in [0, 0.05) is 22.5 Å². The Morgan fingerprint density at radius 2 is 2.00 bits per heavy atom. The molecule has 1 aliphatic rings. The van der Waals surface area contributed by atoms with Crippen LogP contribution in [0.5, 0.6) is 0 Å². The summed E-state index contributed by atoms with van der Waals surface area (Å²) in [6, 6.07) is 4.98. The monoisotopic (exact) mass is 343 g/mol. The lowest BCUT2D eigenvalue weighted by molar-refractivity contribution is -0.127. The number of carbonyl (C=O) groups excluding carboxylic acids is 1. The zero-order chi connectivity index (χ0) is 13.8. The summed E-state index contributed by atoms with van der Waals surface area (Å²) in [4.78, 5) is 25.5. The molecule has 1 aromatic carbocycles. The van der Waals surface area contributed by atoms with E-state index in [9.17, 15) is 9.59 Å². The highest BCUT2D eigenvalue weighted by molar-refractivity contribution is 9.10. The Bertz CT molecular complexity index is 501. The van der Waals surface area contributed by atoms with Gasteiger partial charge in [-0.1, -0.05) is 15.9 Å². The Balaban J connectivity index is 2.04. The lowest BCUT2D eigenvalue weighted by atomic mass is 10.2.